The number of alkyl halides is 2. The van der Waals surface area contributed by atoms with Crippen molar-refractivity contribution in [2.45, 2.75) is 16.4 Å². The van der Waals surface area contributed by atoms with Crippen molar-refractivity contribution in [3.05, 3.63) is 47.8 Å². The molecule has 0 aliphatic heterocycles. The standard InChI is InChI=1S/C13H8F5NOS/c14-7-2-1-6(3-8(7)15)21-12-5-11(20-13(17)18)9(16)4-10(12)19/h1-5,13H,19H2. The summed E-state index contributed by atoms with van der Waals surface area (Å²) in [5, 5.41) is 0. The van der Waals surface area contributed by atoms with Gasteiger partial charge in [0.05, 0.1) is 0 Å². The fourth-order valence-corrected chi connectivity index (χ4v) is 2.39. The van der Waals surface area contributed by atoms with Gasteiger partial charge in [0, 0.05) is 21.5 Å². The van der Waals surface area contributed by atoms with Crippen LogP contribution in [0.2, 0.25) is 0 Å². The van der Waals surface area contributed by atoms with Crippen molar-refractivity contribution in [3.8, 4) is 5.75 Å². The highest BCUT2D eigenvalue weighted by atomic mass is 32.2. The van der Waals surface area contributed by atoms with Gasteiger partial charge in [0.15, 0.2) is 23.2 Å². The molecule has 0 spiro atoms. The predicted octanol–water partition coefficient (Wildman–Crippen LogP) is 4.44. The Bertz CT molecular complexity index is 665. The van der Waals surface area contributed by atoms with Crippen LogP contribution in [0.1, 0.15) is 0 Å². The largest absolute Gasteiger partial charge is 0.432 e. The van der Waals surface area contributed by atoms with Crippen molar-refractivity contribution in [3.63, 3.8) is 0 Å². The summed E-state index contributed by atoms with van der Waals surface area (Å²) in [6.07, 6.45) is 0. The van der Waals surface area contributed by atoms with Crippen molar-refractivity contribution in [1.29, 1.82) is 0 Å². The molecule has 0 amide bonds. The van der Waals surface area contributed by atoms with E-state index in [0.29, 0.717) is 0 Å². The van der Waals surface area contributed by atoms with Gasteiger partial charge in [-0.1, -0.05) is 11.8 Å². The minimum absolute atomic E-state index is 0.0381. The molecule has 0 saturated heterocycles. The second kappa shape index (κ2) is 6.21. The number of hydrogen-bond donors (Lipinski definition) is 1. The van der Waals surface area contributed by atoms with E-state index in [1.54, 1.807) is 0 Å². The molecule has 2 N–H and O–H groups in total. The number of nitrogens with two attached hydrogens (primary N) is 1. The average molecular weight is 321 g/mol. The Kier molecular flexibility index (Phi) is 4.56. The molecule has 0 saturated carbocycles. The van der Waals surface area contributed by atoms with Crippen LogP contribution in [0.15, 0.2) is 40.1 Å². The van der Waals surface area contributed by atoms with Crippen LogP contribution in [0.5, 0.6) is 5.75 Å². The van der Waals surface area contributed by atoms with Gasteiger partial charge < -0.3 is 10.5 Å². The maximum absolute atomic E-state index is 13.4. The molecule has 0 aliphatic carbocycles. The quantitative estimate of drug-likeness (QED) is 0.668. The summed E-state index contributed by atoms with van der Waals surface area (Å²) in [5.74, 6) is -3.80. The van der Waals surface area contributed by atoms with E-state index in [2.05, 4.69) is 4.74 Å². The van der Waals surface area contributed by atoms with Crippen LogP contribution in [0, 0.1) is 17.5 Å². The minimum Gasteiger partial charge on any atom is -0.432 e. The van der Waals surface area contributed by atoms with E-state index in [1.165, 1.54) is 6.07 Å². The molecular weight excluding hydrogens is 313 g/mol. The van der Waals surface area contributed by atoms with E-state index < -0.39 is 29.8 Å². The second-order valence-electron chi connectivity index (χ2n) is 3.88. The highest BCUT2D eigenvalue weighted by Crippen LogP contribution is 2.36. The molecule has 2 rings (SSSR count). The predicted molar refractivity (Wildman–Crippen MR) is 67.9 cm³/mol. The van der Waals surface area contributed by atoms with Gasteiger partial charge in [-0.15, -0.1) is 0 Å². The topological polar surface area (TPSA) is 35.2 Å². The SMILES string of the molecule is Nc1cc(F)c(OC(F)F)cc1Sc1ccc(F)c(F)c1. The molecule has 2 aromatic carbocycles. The lowest BCUT2D eigenvalue weighted by atomic mass is 10.3. The zero-order valence-electron chi connectivity index (χ0n) is 10.2. The summed E-state index contributed by atoms with van der Waals surface area (Å²) in [5.41, 5.74) is 5.53. The molecule has 0 aliphatic rings. The van der Waals surface area contributed by atoms with Crippen molar-refractivity contribution < 1.29 is 26.7 Å². The first-order valence-electron chi connectivity index (χ1n) is 5.53. The third-order valence-corrected chi connectivity index (χ3v) is 3.46. The number of nitrogen functional groups attached to an aromatic ring is 1. The monoisotopic (exact) mass is 321 g/mol. The number of anilines is 1. The molecule has 0 heterocycles. The van der Waals surface area contributed by atoms with Crippen LogP contribution in [0.25, 0.3) is 0 Å². The van der Waals surface area contributed by atoms with E-state index in [-0.39, 0.29) is 15.5 Å². The van der Waals surface area contributed by atoms with Gasteiger partial charge in [-0.2, -0.15) is 8.78 Å². The van der Waals surface area contributed by atoms with Gasteiger partial charge in [-0.05, 0) is 24.3 Å². The van der Waals surface area contributed by atoms with Crippen LogP contribution >= 0.6 is 11.8 Å². The molecular formula is C13H8F5NOS. The Hall–Kier alpha value is -1.96. The highest BCUT2D eigenvalue weighted by molar-refractivity contribution is 7.99. The fourth-order valence-electron chi connectivity index (χ4n) is 1.49. The molecule has 0 bridgehead atoms. The van der Waals surface area contributed by atoms with E-state index in [4.69, 9.17) is 5.73 Å². The smallest absolute Gasteiger partial charge is 0.387 e. The first kappa shape index (κ1) is 15.4. The van der Waals surface area contributed by atoms with Crippen molar-refractivity contribution in [1.82, 2.24) is 0 Å². The van der Waals surface area contributed by atoms with E-state index in [9.17, 15) is 22.0 Å². The number of hydrogen-bond acceptors (Lipinski definition) is 3. The molecule has 112 valence electrons. The van der Waals surface area contributed by atoms with Crippen molar-refractivity contribution in [2.75, 3.05) is 5.73 Å². The Morgan fingerprint density at radius 3 is 2.29 bits per heavy atom. The maximum Gasteiger partial charge on any atom is 0.387 e. The van der Waals surface area contributed by atoms with Crippen LogP contribution < -0.4 is 10.5 Å². The summed E-state index contributed by atoms with van der Waals surface area (Å²) < 4.78 is 67.6. The highest BCUT2D eigenvalue weighted by Gasteiger charge is 2.14. The van der Waals surface area contributed by atoms with E-state index >= 15 is 0 Å². The molecule has 2 aromatic rings. The molecule has 2 nitrogen and oxygen atoms in total. The van der Waals surface area contributed by atoms with Crippen molar-refractivity contribution in [2.24, 2.45) is 0 Å². The van der Waals surface area contributed by atoms with Crippen LogP contribution in [0.3, 0.4) is 0 Å². The maximum atomic E-state index is 13.4. The number of ether oxygens (including phenoxy) is 1. The normalized spacial score (nSPS) is 11.0. The molecule has 0 aromatic heterocycles. The molecule has 8 heteroatoms. The molecule has 0 fully saturated rings. The fraction of sp³-hybridized carbons (Fsp3) is 0.0769. The van der Waals surface area contributed by atoms with Gasteiger partial charge in [0.25, 0.3) is 0 Å². The lowest BCUT2D eigenvalue weighted by molar-refractivity contribution is -0.0523. The second-order valence-corrected chi connectivity index (χ2v) is 4.99. The molecule has 0 radical (unpaired) electrons. The van der Waals surface area contributed by atoms with Crippen molar-refractivity contribution >= 4 is 17.4 Å². The van der Waals surface area contributed by atoms with Crippen LogP contribution in [-0.4, -0.2) is 6.61 Å². The summed E-state index contributed by atoms with van der Waals surface area (Å²) in [4.78, 5) is 0.452. The zero-order valence-corrected chi connectivity index (χ0v) is 11.1. The third kappa shape index (κ3) is 3.78. The molecule has 21 heavy (non-hydrogen) atoms. The molecule has 0 atom stereocenters. The summed E-state index contributed by atoms with van der Waals surface area (Å²) >= 11 is 0.864. The van der Waals surface area contributed by atoms with Gasteiger partial charge >= 0.3 is 6.61 Å². The lowest BCUT2D eigenvalue weighted by Gasteiger charge is -2.10. The number of benzene rings is 2. The number of rotatable bonds is 4. The van der Waals surface area contributed by atoms with E-state index in [1.807, 2.05) is 0 Å². The zero-order chi connectivity index (χ0) is 15.6. The Morgan fingerprint density at radius 1 is 0.952 bits per heavy atom. The lowest BCUT2D eigenvalue weighted by Crippen LogP contribution is -2.04. The summed E-state index contributed by atoms with van der Waals surface area (Å²) in [6.45, 7) is -3.19. The van der Waals surface area contributed by atoms with Crippen LogP contribution in [-0.2, 0) is 0 Å². The Balaban J connectivity index is 2.32. The minimum atomic E-state index is -3.19. The van der Waals surface area contributed by atoms with E-state index in [0.717, 1.165) is 36.0 Å². The summed E-state index contributed by atoms with van der Waals surface area (Å²) in [6, 6.07) is 4.90. The average Bonchev–Trinajstić information content (AvgIpc) is 2.39. The van der Waals surface area contributed by atoms with Gasteiger partial charge in [-0.25, -0.2) is 13.2 Å². The Labute approximate surface area is 120 Å². The first-order chi connectivity index (χ1) is 9.86. The van der Waals surface area contributed by atoms with Gasteiger partial charge in [-0.3, -0.25) is 0 Å². The number of halogens is 5. The third-order valence-electron chi connectivity index (χ3n) is 2.40. The van der Waals surface area contributed by atoms with Crippen LogP contribution in [0.4, 0.5) is 27.6 Å². The van der Waals surface area contributed by atoms with Gasteiger partial charge in [0.1, 0.15) is 0 Å². The molecule has 0 unspecified atom stereocenters. The summed E-state index contributed by atoms with van der Waals surface area (Å²) in [7, 11) is 0. The Morgan fingerprint density at radius 2 is 1.67 bits per heavy atom. The van der Waals surface area contributed by atoms with Gasteiger partial charge in [0.2, 0.25) is 0 Å². The first-order valence-corrected chi connectivity index (χ1v) is 6.35.